The molecule has 132 valence electrons. The summed E-state index contributed by atoms with van der Waals surface area (Å²) in [4.78, 5) is 37.9. The van der Waals surface area contributed by atoms with Gasteiger partial charge in [0.15, 0.2) is 0 Å². The van der Waals surface area contributed by atoms with Gasteiger partial charge in [0.05, 0.1) is 6.04 Å². The van der Waals surface area contributed by atoms with Gasteiger partial charge in [0.1, 0.15) is 6.04 Å². The molecule has 2 fully saturated rings. The SMILES string of the molecule is CN(C)C(=O)NNC(=O)[C@@H]1CC[C@@H]2CN1C(=O)N2OS(=O)(=O)O.[H-].[Na+]. The zero-order valence-corrected chi connectivity index (χ0v) is 16.2. The van der Waals surface area contributed by atoms with Crippen molar-refractivity contribution >= 4 is 28.4 Å². The fourth-order valence-corrected chi connectivity index (χ4v) is 2.80. The number of nitrogens with one attached hydrogen (secondary N) is 2. The van der Waals surface area contributed by atoms with Crippen LogP contribution in [0.25, 0.3) is 0 Å². The van der Waals surface area contributed by atoms with E-state index in [1.807, 2.05) is 0 Å². The van der Waals surface area contributed by atoms with Gasteiger partial charge in [-0.3, -0.25) is 14.8 Å². The first kappa shape index (κ1) is 20.9. The third-order valence-corrected chi connectivity index (χ3v) is 3.85. The summed E-state index contributed by atoms with van der Waals surface area (Å²) in [5, 5.41) is 0.543. The van der Waals surface area contributed by atoms with Gasteiger partial charge in [-0.2, -0.15) is 13.5 Å². The fourth-order valence-electron chi connectivity index (χ4n) is 2.41. The van der Waals surface area contributed by atoms with Gasteiger partial charge in [-0.15, -0.1) is 4.28 Å². The fraction of sp³-hybridized carbons (Fsp3) is 0.700. The molecule has 3 N–H and O–H groups in total. The van der Waals surface area contributed by atoms with E-state index in [0.29, 0.717) is 11.5 Å². The van der Waals surface area contributed by atoms with Crippen LogP contribution >= 0.6 is 0 Å². The van der Waals surface area contributed by atoms with E-state index in [0.717, 1.165) is 4.90 Å². The Morgan fingerprint density at radius 2 is 1.96 bits per heavy atom. The number of urea groups is 2. The van der Waals surface area contributed by atoms with Crippen molar-refractivity contribution in [2.75, 3.05) is 20.6 Å². The van der Waals surface area contributed by atoms with Crippen LogP contribution in [0.4, 0.5) is 9.59 Å². The molecular formula is C10H18N5NaO7S. The van der Waals surface area contributed by atoms with Crippen LogP contribution in [0.1, 0.15) is 14.3 Å². The molecule has 2 heterocycles. The smallest absolute Gasteiger partial charge is 1.00 e. The minimum absolute atomic E-state index is 0. The van der Waals surface area contributed by atoms with Gasteiger partial charge in [-0.05, 0) is 12.8 Å². The van der Waals surface area contributed by atoms with Crippen molar-refractivity contribution in [3.8, 4) is 0 Å². The Balaban J connectivity index is 0.00000288. The largest absolute Gasteiger partial charge is 1.00 e. The van der Waals surface area contributed by atoms with E-state index in [1.54, 1.807) is 0 Å². The van der Waals surface area contributed by atoms with Crippen molar-refractivity contribution in [3.05, 3.63) is 0 Å². The van der Waals surface area contributed by atoms with E-state index in [9.17, 15) is 22.8 Å². The number of hydrogen-bond acceptors (Lipinski definition) is 6. The van der Waals surface area contributed by atoms with Crippen LogP contribution < -0.4 is 40.4 Å². The molecule has 2 atom stereocenters. The summed E-state index contributed by atoms with van der Waals surface area (Å²) < 4.78 is 34.5. The Morgan fingerprint density at radius 1 is 1.33 bits per heavy atom. The Bertz CT molecular complexity index is 633. The summed E-state index contributed by atoms with van der Waals surface area (Å²) in [7, 11) is -1.86. The monoisotopic (exact) mass is 375 g/mol. The van der Waals surface area contributed by atoms with Crippen molar-refractivity contribution in [1.29, 1.82) is 0 Å². The summed E-state index contributed by atoms with van der Waals surface area (Å²) in [6.45, 7) is 0.0774. The summed E-state index contributed by atoms with van der Waals surface area (Å²) in [6, 6.07) is -2.85. The molecule has 0 aliphatic carbocycles. The molecule has 2 saturated heterocycles. The van der Waals surface area contributed by atoms with E-state index in [4.69, 9.17) is 4.55 Å². The van der Waals surface area contributed by atoms with Crippen molar-refractivity contribution in [2.24, 2.45) is 0 Å². The van der Waals surface area contributed by atoms with Crippen molar-refractivity contribution in [3.63, 3.8) is 0 Å². The molecular weight excluding hydrogens is 357 g/mol. The van der Waals surface area contributed by atoms with E-state index < -0.39 is 40.5 Å². The standard InChI is InChI=1S/C10H17N5O7S.Na.H/c1-13(2)9(17)12-11-8(16)7-4-3-6-5-14(7)10(18)15(6)22-23(19,20)21;;/h6-7H,3-5H2,1-2H3,(H,11,16)(H,12,17)(H,19,20,21);;/q;+1;-1/t6-,7+;;/m1../s1. The third kappa shape index (κ3) is 4.70. The number of fused-ring (bicyclic) bond motifs is 2. The van der Waals surface area contributed by atoms with Crippen molar-refractivity contribution < 1.29 is 62.6 Å². The molecule has 0 spiro atoms. The topological polar surface area (TPSA) is 149 Å². The van der Waals surface area contributed by atoms with Crippen LogP contribution in [-0.2, 0) is 19.5 Å². The zero-order chi connectivity index (χ0) is 17.4. The van der Waals surface area contributed by atoms with Gasteiger partial charge in [0.2, 0.25) is 0 Å². The number of carbonyl (C=O) groups excluding carboxylic acids is 3. The molecule has 2 aliphatic heterocycles. The minimum atomic E-state index is -4.83. The Labute approximate surface area is 162 Å². The molecule has 14 heteroatoms. The first-order valence-corrected chi connectivity index (χ1v) is 8.00. The number of nitrogens with zero attached hydrogens (tertiary/aromatic N) is 3. The third-order valence-electron chi connectivity index (χ3n) is 3.50. The van der Waals surface area contributed by atoms with Crippen molar-refractivity contribution in [2.45, 2.75) is 24.9 Å². The summed E-state index contributed by atoms with van der Waals surface area (Å²) in [5.41, 5.74) is 4.37. The van der Waals surface area contributed by atoms with Crippen LogP contribution in [0.2, 0.25) is 0 Å². The average molecular weight is 375 g/mol. The van der Waals surface area contributed by atoms with Gasteiger partial charge < -0.3 is 11.2 Å². The number of hydrazine groups is 1. The quantitative estimate of drug-likeness (QED) is 0.255. The van der Waals surface area contributed by atoms with Gasteiger partial charge in [0.25, 0.3) is 5.91 Å². The number of piperidine rings is 1. The summed E-state index contributed by atoms with van der Waals surface area (Å²) in [5.74, 6) is -0.610. The maximum absolute atomic E-state index is 12.1. The predicted molar refractivity (Wildman–Crippen MR) is 74.9 cm³/mol. The Hall–Kier alpha value is -1.12. The maximum atomic E-state index is 12.1. The molecule has 2 rings (SSSR count). The van der Waals surface area contributed by atoms with E-state index >= 15 is 0 Å². The summed E-state index contributed by atoms with van der Waals surface area (Å²) in [6.07, 6.45) is 0.558. The van der Waals surface area contributed by atoms with E-state index in [-0.39, 0.29) is 43.9 Å². The minimum Gasteiger partial charge on any atom is -1.00 e. The molecule has 2 bridgehead atoms. The predicted octanol–water partition coefficient (Wildman–Crippen LogP) is -4.59. The molecule has 0 aromatic rings. The van der Waals surface area contributed by atoms with Crippen LogP contribution in [0.15, 0.2) is 0 Å². The molecule has 0 aromatic heterocycles. The summed E-state index contributed by atoms with van der Waals surface area (Å²) >= 11 is 0. The van der Waals surface area contributed by atoms with Crippen LogP contribution in [0, 0.1) is 0 Å². The van der Waals surface area contributed by atoms with E-state index in [2.05, 4.69) is 15.1 Å². The number of hydroxylamine groups is 2. The number of carbonyl (C=O) groups is 3. The van der Waals surface area contributed by atoms with Crippen molar-refractivity contribution in [1.82, 2.24) is 25.7 Å². The molecule has 0 radical (unpaired) electrons. The van der Waals surface area contributed by atoms with Gasteiger partial charge in [-0.1, -0.05) is 0 Å². The normalized spacial score (nSPS) is 22.7. The second-order valence-electron chi connectivity index (χ2n) is 5.32. The van der Waals surface area contributed by atoms with Gasteiger partial charge in [0, 0.05) is 20.6 Å². The second kappa shape index (κ2) is 7.84. The van der Waals surface area contributed by atoms with Crippen LogP contribution in [0.3, 0.4) is 0 Å². The average Bonchev–Trinajstić information content (AvgIpc) is 2.68. The Morgan fingerprint density at radius 3 is 2.50 bits per heavy atom. The molecule has 0 saturated carbocycles. The zero-order valence-electron chi connectivity index (χ0n) is 14.4. The van der Waals surface area contributed by atoms with Gasteiger partial charge in [-0.25, -0.2) is 15.0 Å². The van der Waals surface area contributed by atoms with Crippen LogP contribution in [0.5, 0.6) is 0 Å². The molecule has 12 nitrogen and oxygen atoms in total. The number of hydrogen-bond donors (Lipinski definition) is 3. The molecule has 0 unspecified atom stereocenters. The van der Waals surface area contributed by atoms with Crippen LogP contribution in [-0.4, -0.2) is 78.5 Å². The molecule has 24 heavy (non-hydrogen) atoms. The molecule has 0 aromatic carbocycles. The second-order valence-corrected chi connectivity index (χ2v) is 6.33. The molecule has 2 aliphatic rings. The van der Waals surface area contributed by atoms with E-state index in [1.165, 1.54) is 19.0 Å². The molecule has 5 amide bonds. The first-order valence-electron chi connectivity index (χ1n) is 6.64. The Kier molecular flexibility index (Phi) is 6.84. The number of rotatable bonds is 3. The number of amides is 5. The first-order chi connectivity index (χ1) is 10.6. The maximum Gasteiger partial charge on any atom is 1.00 e. The van der Waals surface area contributed by atoms with Gasteiger partial charge >= 0.3 is 52.0 Å².